The van der Waals surface area contributed by atoms with Crippen molar-refractivity contribution in [2.24, 2.45) is 0 Å². The minimum Gasteiger partial charge on any atom is -0.369 e. The van der Waals surface area contributed by atoms with Gasteiger partial charge in [0.1, 0.15) is 11.6 Å². The average molecular weight is 334 g/mol. The summed E-state index contributed by atoms with van der Waals surface area (Å²) in [5.74, 6) is 1.55. The molecule has 0 bridgehead atoms. The van der Waals surface area contributed by atoms with Gasteiger partial charge < -0.3 is 10.3 Å². The molecular weight excluding hydrogens is 316 g/mol. The third kappa shape index (κ3) is 2.96. The minimum absolute atomic E-state index is 0.104. The van der Waals surface area contributed by atoms with Crippen LogP contribution in [0.1, 0.15) is 18.4 Å². The zero-order valence-corrected chi connectivity index (χ0v) is 13.9. The molecule has 1 aromatic carbocycles. The van der Waals surface area contributed by atoms with E-state index in [0.29, 0.717) is 29.7 Å². The number of aromatic amines is 1. The number of benzene rings is 1. The standard InChI is InChI=1S/C18H18N6O/c1-2-12-11-17(24-16(21-12)8-10-20-24)19-9-7-15-22-14-6-4-3-5-13(14)18(25)23-15/h3-6,8,10-11,19H,2,7,9H2,1H3,(H,22,23,25). The first-order valence-electron chi connectivity index (χ1n) is 8.30. The molecule has 25 heavy (non-hydrogen) atoms. The van der Waals surface area contributed by atoms with Crippen molar-refractivity contribution >= 4 is 22.4 Å². The molecule has 7 heteroatoms. The fourth-order valence-electron chi connectivity index (χ4n) is 2.83. The van der Waals surface area contributed by atoms with E-state index in [0.717, 1.165) is 23.6 Å². The van der Waals surface area contributed by atoms with Crippen LogP contribution in [0.15, 0.2) is 47.4 Å². The molecule has 0 spiro atoms. The topological polar surface area (TPSA) is 88.0 Å². The van der Waals surface area contributed by atoms with Crippen molar-refractivity contribution in [3.8, 4) is 0 Å². The summed E-state index contributed by atoms with van der Waals surface area (Å²) in [6, 6.07) is 11.2. The van der Waals surface area contributed by atoms with Gasteiger partial charge in [0.05, 0.1) is 17.1 Å². The van der Waals surface area contributed by atoms with Crippen molar-refractivity contribution < 1.29 is 0 Å². The van der Waals surface area contributed by atoms with Crippen LogP contribution in [0.3, 0.4) is 0 Å². The van der Waals surface area contributed by atoms with Crippen LogP contribution >= 0.6 is 0 Å². The van der Waals surface area contributed by atoms with Crippen LogP contribution < -0.4 is 10.9 Å². The molecule has 3 heterocycles. The van der Waals surface area contributed by atoms with Crippen LogP contribution in [0, 0.1) is 0 Å². The highest BCUT2D eigenvalue weighted by Gasteiger charge is 2.07. The smallest absolute Gasteiger partial charge is 0.258 e. The van der Waals surface area contributed by atoms with Crippen LogP contribution in [0.2, 0.25) is 0 Å². The van der Waals surface area contributed by atoms with Gasteiger partial charge in [0, 0.05) is 30.8 Å². The summed E-state index contributed by atoms with van der Waals surface area (Å²) in [5, 5.41) is 8.27. The molecule has 7 nitrogen and oxygen atoms in total. The molecule has 0 fully saturated rings. The summed E-state index contributed by atoms with van der Waals surface area (Å²) >= 11 is 0. The average Bonchev–Trinajstić information content (AvgIpc) is 3.10. The Balaban J connectivity index is 1.55. The second-order valence-corrected chi connectivity index (χ2v) is 5.79. The summed E-state index contributed by atoms with van der Waals surface area (Å²) in [5.41, 5.74) is 2.44. The molecule has 4 aromatic rings. The first-order valence-corrected chi connectivity index (χ1v) is 8.30. The van der Waals surface area contributed by atoms with Crippen molar-refractivity contribution in [2.45, 2.75) is 19.8 Å². The number of hydrogen-bond donors (Lipinski definition) is 2. The van der Waals surface area contributed by atoms with Gasteiger partial charge in [0.2, 0.25) is 0 Å². The molecule has 0 radical (unpaired) electrons. The van der Waals surface area contributed by atoms with Gasteiger partial charge in [-0.05, 0) is 18.6 Å². The van der Waals surface area contributed by atoms with Gasteiger partial charge in [0.25, 0.3) is 5.56 Å². The quantitative estimate of drug-likeness (QED) is 0.584. The molecule has 0 saturated carbocycles. The van der Waals surface area contributed by atoms with Gasteiger partial charge in [-0.1, -0.05) is 19.1 Å². The third-order valence-electron chi connectivity index (χ3n) is 4.10. The molecule has 4 rings (SSSR count). The van der Waals surface area contributed by atoms with Gasteiger partial charge in [-0.25, -0.2) is 9.97 Å². The predicted molar refractivity (Wildman–Crippen MR) is 96.9 cm³/mol. The Morgan fingerprint density at radius 1 is 1.20 bits per heavy atom. The normalized spacial score (nSPS) is 11.2. The molecule has 3 aromatic heterocycles. The van der Waals surface area contributed by atoms with E-state index >= 15 is 0 Å². The Morgan fingerprint density at radius 2 is 2.08 bits per heavy atom. The maximum absolute atomic E-state index is 12.1. The molecule has 2 N–H and O–H groups in total. The second-order valence-electron chi connectivity index (χ2n) is 5.79. The van der Waals surface area contributed by atoms with Gasteiger partial charge in [-0.3, -0.25) is 4.79 Å². The van der Waals surface area contributed by atoms with Crippen molar-refractivity contribution in [1.29, 1.82) is 0 Å². The Morgan fingerprint density at radius 3 is 2.96 bits per heavy atom. The van der Waals surface area contributed by atoms with Crippen molar-refractivity contribution in [2.75, 3.05) is 11.9 Å². The lowest BCUT2D eigenvalue weighted by Crippen LogP contribution is -2.16. The van der Waals surface area contributed by atoms with Crippen LogP contribution in [0.25, 0.3) is 16.6 Å². The number of aryl methyl sites for hydroxylation is 1. The van der Waals surface area contributed by atoms with Crippen molar-refractivity contribution in [1.82, 2.24) is 24.6 Å². The van der Waals surface area contributed by atoms with E-state index in [1.165, 1.54) is 0 Å². The number of aromatic nitrogens is 5. The molecule has 0 aliphatic heterocycles. The molecule has 0 aliphatic rings. The van der Waals surface area contributed by atoms with Crippen LogP contribution in [0.4, 0.5) is 5.82 Å². The maximum Gasteiger partial charge on any atom is 0.258 e. The SMILES string of the molecule is CCc1cc(NCCc2nc3ccccc3c(=O)[nH]2)n2nccc2n1. The van der Waals surface area contributed by atoms with E-state index in [1.807, 2.05) is 30.3 Å². The van der Waals surface area contributed by atoms with E-state index in [2.05, 4.69) is 32.3 Å². The monoisotopic (exact) mass is 334 g/mol. The fraction of sp³-hybridized carbons (Fsp3) is 0.222. The molecule has 126 valence electrons. The highest BCUT2D eigenvalue weighted by molar-refractivity contribution is 5.77. The van der Waals surface area contributed by atoms with Crippen molar-refractivity contribution in [3.63, 3.8) is 0 Å². The maximum atomic E-state index is 12.1. The van der Waals surface area contributed by atoms with E-state index in [9.17, 15) is 4.79 Å². The summed E-state index contributed by atoms with van der Waals surface area (Å²) in [6.45, 7) is 2.70. The number of H-pyrrole nitrogens is 1. The largest absolute Gasteiger partial charge is 0.369 e. The molecule has 0 aliphatic carbocycles. The van der Waals surface area contributed by atoms with Crippen molar-refractivity contribution in [3.05, 3.63) is 64.5 Å². The summed E-state index contributed by atoms with van der Waals surface area (Å²) in [6.07, 6.45) is 3.19. The molecule has 0 unspecified atom stereocenters. The van der Waals surface area contributed by atoms with Crippen LogP contribution in [0.5, 0.6) is 0 Å². The second kappa shape index (κ2) is 6.35. The summed E-state index contributed by atoms with van der Waals surface area (Å²) in [4.78, 5) is 24.0. The summed E-state index contributed by atoms with van der Waals surface area (Å²) in [7, 11) is 0. The number of fused-ring (bicyclic) bond motifs is 2. The van der Waals surface area contributed by atoms with E-state index in [-0.39, 0.29) is 5.56 Å². The number of anilines is 1. The van der Waals surface area contributed by atoms with Gasteiger partial charge in [-0.2, -0.15) is 9.61 Å². The lowest BCUT2D eigenvalue weighted by atomic mass is 10.2. The summed E-state index contributed by atoms with van der Waals surface area (Å²) < 4.78 is 1.77. The minimum atomic E-state index is -0.104. The molecule has 0 atom stereocenters. The number of rotatable bonds is 5. The van der Waals surface area contributed by atoms with Crippen LogP contribution in [-0.2, 0) is 12.8 Å². The first kappa shape index (κ1) is 15.3. The predicted octanol–water partition coefficient (Wildman–Crippen LogP) is 2.18. The zero-order valence-electron chi connectivity index (χ0n) is 13.9. The number of para-hydroxylation sites is 1. The Bertz CT molecular complexity index is 1100. The van der Waals surface area contributed by atoms with Crippen LogP contribution in [-0.4, -0.2) is 31.1 Å². The zero-order chi connectivity index (χ0) is 17.2. The van der Waals surface area contributed by atoms with E-state index in [4.69, 9.17) is 0 Å². The Hall–Kier alpha value is -3.22. The van der Waals surface area contributed by atoms with E-state index in [1.54, 1.807) is 16.8 Å². The molecular formula is C18H18N6O. The highest BCUT2D eigenvalue weighted by Crippen LogP contribution is 2.13. The van der Waals surface area contributed by atoms with E-state index < -0.39 is 0 Å². The van der Waals surface area contributed by atoms with Gasteiger partial charge >= 0.3 is 0 Å². The first-order chi connectivity index (χ1) is 12.2. The Labute approximate surface area is 143 Å². The lowest BCUT2D eigenvalue weighted by molar-refractivity contribution is 0.864. The third-order valence-corrected chi connectivity index (χ3v) is 4.10. The van der Waals surface area contributed by atoms with Gasteiger partial charge in [-0.15, -0.1) is 0 Å². The molecule has 0 amide bonds. The Kier molecular flexibility index (Phi) is 3.89. The fourth-order valence-corrected chi connectivity index (χ4v) is 2.83. The molecule has 0 saturated heterocycles. The lowest BCUT2D eigenvalue weighted by Gasteiger charge is -2.10. The highest BCUT2D eigenvalue weighted by atomic mass is 16.1. The number of hydrogen-bond acceptors (Lipinski definition) is 5. The number of nitrogens with zero attached hydrogens (tertiary/aromatic N) is 4. The number of nitrogens with one attached hydrogen (secondary N) is 2. The van der Waals surface area contributed by atoms with Gasteiger partial charge in [0.15, 0.2) is 5.65 Å².